The van der Waals surface area contributed by atoms with Crippen molar-refractivity contribution in [2.45, 2.75) is 43.7 Å². The average molecular weight is 402 g/mol. The van der Waals surface area contributed by atoms with Crippen LogP contribution in [0.5, 0.6) is 0 Å². The highest BCUT2D eigenvalue weighted by atomic mass is 16.5. The Labute approximate surface area is 177 Å². The smallest absolute Gasteiger partial charge is 0.234 e. The molecule has 2 aromatic rings. The summed E-state index contributed by atoms with van der Waals surface area (Å²) in [6.45, 7) is 7.48. The maximum absolute atomic E-state index is 13.9. The summed E-state index contributed by atoms with van der Waals surface area (Å²) in [5, 5.41) is 0. The third-order valence-corrected chi connectivity index (χ3v) is 7.77. The Balaban J connectivity index is 1.89. The van der Waals surface area contributed by atoms with Crippen LogP contribution in [-0.2, 0) is 19.7 Å². The Kier molecular flexibility index (Phi) is 4.26. The molecule has 1 saturated heterocycles. The highest BCUT2D eigenvalue weighted by molar-refractivity contribution is 6.00. The third-order valence-electron chi connectivity index (χ3n) is 7.77. The monoisotopic (exact) mass is 401 g/mol. The van der Waals surface area contributed by atoms with Gasteiger partial charge in [-0.2, -0.15) is 0 Å². The van der Waals surface area contributed by atoms with Crippen LogP contribution < -0.4 is 0 Å². The summed E-state index contributed by atoms with van der Waals surface area (Å²) in [7, 11) is 1.71. The molecule has 3 aliphatic carbocycles. The second kappa shape index (κ2) is 6.64. The molecule has 0 aromatic heterocycles. The molecule has 2 amide bonds. The molecule has 0 unspecified atom stereocenters. The molecule has 0 radical (unpaired) electrons. The van der Waals surface area contributed by atoms with E-state index in [1.807, 2.05) is 18.2 Å². The summed E-state index contributed by atoms with van der Waals surface area (Å²) in [4.78, 5) is 28.1. The van der Waals surface area contributed by atoms with Crippen molar-refractivity contribution < 1.29 is 14.3 Å². The van der Waals surface area contributed by atoms with Crippen molar-refractivity contribution in [3.05, 3.63) is 83.4 Å². The van der Waals surface area contributed by atoms with Crippen LogP contribution in [0.1, 0.15) is 48.4 Å². The topological polar surface area (TPSA) is 46.6 Å². The molecule has 2 aromatic carbocycles. The van der Waals surface area contributed by atoms with Crippen LogP contribution in [-0.4, -0.2) is 36.0 Å². The molecule has 1 heterocycles. The van der Waals surface area contributed by atoms with Crippen LogP contribution in [0, 0.1) is 11.8 Å². The maximum Gasteiger partial charge on any atom is 0.234 e. The Bertz CT molecular complexity index is 1010. The van der Waals surface area contributed by atoms with E-state index in [4.69, 9.17) is 4.74 Å². The normalized spacial score (nSPS) is 31.7. The molecule has 30 heavy (non-hydrogen) atoms. The van der Waals surface area contributed by atoms with Crippen molar-refractivity contribution in [2.75, 3.05) is 7.11 Å². The lowest BCUT2D eigenvalue weighted by Crippen LogP contribution is -2.59. The predicted molar refractivity (Wildman–Crippen MR) is 115 cm³/mol. The zero-order valence-corrected chi connectivity index (χ0v) is 17.7. The number of imide groups is 1. The predicted octanol–water partition coefficient (Wildman–Crippen LogP) is 4.03. The first-order valence-electron chi connectivity index (χ1n) is 10.7. The highest BCUT2D eigenvalue weighted by Gasteiger charge is 2.69. The Hall–Kier alpha value is -2.72. The van der Waals surface area contributed by atoms with E-state index in [1.54, 1.807) is 7.11 Å². The van der Waals surface area contributed by atoms with Crippen LogP contribution in [0.15, 0.2) is 61.2 Å². The maximum atomic E-state index is 13.9. The molecule has 154 valence electrons. The zero-order valence-electron chi connectivity index (χ0n) is 17.7. The summed E-state index contributed by atoms with van der Waals surface area (Å²) >= 11 is 0. The fourth-order valence-electron chi connectivity index (χ4n) is 6.84. The molecule has 0 N–H and O–H groups in total. The number of carbonyl (C=O) groups excluding carboxylic acids is 2. The molecule has 4 heteroatoms. The molecular weight excluding hydrogens is 374 g/mol. The lowest BCUT2D eigenvalue weighted by Gasteiger charge is -2.57. The van der Waals surface area contributed by atoms with E-state index in [9.17, 15) is 9.59 Å². The van der Waals surface area contributed by atoms with Crippen molar-refractivity contribution in [3.8, 4) is 0 Å². The number of hydrogen-bond donors (Lipinski definition) is 0. The second-order valence-corrected chi connectivity index (χ2v) is 8.77. The fraction of sp³-hybridized carbons (Fsp3) is 0.385. The van der Waals surface area contributed by atoms with Gasteiger partial charge in [0.25, 0.3) is 0 Å². The molecule has 1 fully saturated rings. The third kappa shape index (κ3) is 2.10. The number of ether oxygens (including phenoxy) is 1. The molecule has 6 rings (SSSR count). The SMILES string of the molecule is C=CC[C@@H]1[C@@H]2C3c4ccccc4C([C@H](C)OC)(c4ccccc43)[C@@H]2C(=O)N1C(C)=O. The number of benzene rings is 2. The van der Waals surface area contributed by atoms with Gasteiger partial charge in [0.1, 0.15) is 0 Å². The van der Waals surface area contributed by atoms with Gasteiger partial charge in [-0.1, -0.05) is 54.6 Å². The van der Waals surface area contributed by atoms with E-state index in [1.165, 1.54) is 34.1 Å². The van der Waals surface area contributed by atoms with Gasteiger partial charge in [0, 0.05) is 31.9 Å². The van der Waals surface area contributed by atoms with Crippen molar-refractivity contribution in [1.82, 2.24) is 4.90 Å². The van der Waals surface area contributed by atoms with Crippen LogP contribution in [0.3, 0.4) is 0 Å². The standard InChI is InChI=1S/C26H27NO3/c1-5-10-21-23-22-17-11-6-8-13-19(17)26(15(2)30-4,20-14-9-7-12-18(20)22)24(23)25(29)27(21)16(3)28/h5-9,11-15,21-24H,1,10H2,2-4H3/t15-,21+,22?,23+,24-,26?/m0/s1. The van der Waals surface area contributed by atoms with Crippen LogP contribution in [0.4, 0.5) is 0 Å². The van der Waals surface area contributed by atoms with Crippen LogP contribution in [0.25, 0.3) is 0 Å². The van der Waals surface area contributed by atoms with Crippen LogP contribution >= 0.6 is 0 Å². The van der Waals surface area contributed by atoms with E-state index in [0.717, 1.165) is 0 Å². The molecule has 4 nitrogen and oxygen atoms in total. The van der Waals surface area contributed by atoms with E-state index in [-0.39, 0.29) is 41.7 Å². The van der Waals surface area contributed by atoms with E-state index >= 15 is 0 Å². The van der Waals surface area contributed by atoms with E-state index < -0.39 is 5.41 Å². The van der Waals surface area contributed by atoms with Crippen molar-refractivity contribution in [3.63, 3.8) is 0 Å². The van der Waals surface area contributed by atoms with Gasteiger partial charge < -0.3 is 4.74 Å². The quantitative estimate of drug-likeness (QED) is 0.727. The summed E-state index contributed by atoms with van der Waals surface area (Å²) < 4.78 is 5.99. The second-order valence-electron chi connectivity index (χ2n) is 8.77. The molecule has 0 spiro atoms. The van der Waals surface area contributed by atoms with Gasteiger partial charge in [0.2, 0.25) is 11.8 Å². The van der Waals surface area contributed by atoms with Crippen molar-refractivity contribution in [2.24, 2.45) is 11.8 Å². The minimum absolute atomic E-state index is 0.00167. The van der Waals surface area contributed by atoms with Crippen LogP contribution in [0.2, 0.25) is 0 Å². The lowest BCUT2D eigenvalue weighted by atomic mass is 9.45. The van der Waals surface area contributed by atoms with Gasteiger partial charge in [-0.25, -0.2) is 0 Å². The first-order valence-corrected chi connectivity index (χ1v) is 10.7. The summed E-state index contributed by atoms with van der Waals surface area (Å²) in [6.07, 6.45) is 2.21. The Morgan fingerprint density at radius 3 is 2.23 bits per heavy atom. The van der Waals surface area contributed by atoms with Crippen molar-refractivity contribution in [1.29, 1.82) is 0 Å². The fourth-order valence-corrected chi connectivity index (χ4v) is 6.84. The van der Waals surface area contributed by atoms with E-state index in [2.05, 4.69) is 49.9 Å². The first-order chi connectivity index (χ1) is 14.5. The molecular formula is C26H27NO3. The Morgan fingerprint density at radius 1 is 1.17 bits per heavy atom. The van der Waals surface area contributed by atoms with Gasteiger partial charge in [-0.05, 0) is 35.6 Å². The molecule has 4 aliphatic rings. The minimum Gasteiger partial charge on any atom is -0.380 e. The Morgan fingerprint density at radius 2 is 1.73 bits per heavy atom. The van der Waals surface area contributed by atoms with Gasteiger partial charge >= 0.3 is 0 Å². The number of rotatable bonds is 4. The first kappa shape index (κ1) is 19.3. The number of methoxy groups -OCH3 is 1. The summed E-state index contributed by atoms with van der Waals surface area (Å²) in [5.41, 5.74) is 4.23. The van der Waals surface area contributed by atoms with Crippen molar-refractivity contribution >= 4 is 11.8 Å². The number of amides is 2. The number of nitrogens with zero attached hydrogens (tertiary/aromatic N) is 1. The number of likely N-dealkylation sites (tertiary alicyclic amines) is 1. The minimum atomic E-state index is -0.623. The summed E-state index contributed by atoms with van der Waals surface area (Å²) in [6, 6.07) is 16.7. The molecule has 4 atom stereocenters. The van der Waals surface area contributed by atoms with E-state index in [0.29, 0.717) is 6.42 Å². The zero-order chi connectivity index (χ0) is 21.2. The van der Waals surface area contributed by atoms with Gasteiger partial charge in [-0.3, -0.25) is 14.5 Å². The number of carbonyl (C=O) groups is 2. The number of hydrogen-bond acceptors (Lipinski definition) is 3. The van der Waals surface area contributed by atoms with Gasteiger partial charge in [0.15, 0.2) is 0 Å². The lowest BCUT2D eigenvalue weighted by molar-refractivity contribution is -0.145. The summed E-state index contributed by atoms with van der Waals surface area (Å²) in [5.74, 6) is -0.518. The van der Waals surface area contributed by atoms with Gasteiger partial charge in [-0.15, -0.1) is 6.58 Å². The molecule has 0 saturated carbocycles. The largest absolute Gasteiger partial charge is 0.380 e. The highest BCUT2D eigenvalue weighted by Crippen LogP contribution is 2.66. The molecule has 1 aliphatic heterocycles. The molecule has 2 bridgehead atoms. The average Bonchev–Trinajstić information content (AvgIpc) is 3.06. The van der Waals surface area contributed by atoms with Gasteiger partial charge in [0.05, 0.1) is 17.4 Å².